The second-order valence-corrected chi connectivity index (χ2v) is 5.60. The molecule has 0 heterocycles. The molecular weight excluding hydrogens is 284 g/mol. The van der Waals surface area contributed by atoms with Crippen LogP contribution in [0.2, 0.25) is 0 Å². The first-order chi connectivity index (χ1) is 9.89. The number of hydrogen-bond acceptors (Lipinski definition) is 1. The van der Waals surface area contributed by atoms with Crippen LogP contribution in [0, 0.1) is 11.7 Å². The third kappa shape index (κ3) is 4.05. The maximum Gasteiger partial charge on any atom is 0.419 e. The van der Waals surface area contributed by atoms with Gasteiger partial charge in [0.2, 0.25) is 0 Å². The van der Waals surface area contributed by atoms with E-state index < -0.39 is 17.6 Å². The minimum absolute atomic E-state index is 0.0331. The number of hydrogen-bond donors (Lipinski definition) is 0. The highest BCUT2D eigenvalue weighted by Crippen LogP contribution is 2.33. The molecule has 1 saturated carbocycles. The SMILES string of the molecule is O=C(c1ccc(F)c(C(F)(F)F)c1)C1CCCCCCC1. The zero-order valence-electron chi connectivity index (χ0n) is 11.7. The molecule has 1 aliphatic carbocycles. The maximum atomic E-state index is 13.3. The zero-order chi connectivity index (χ0) is 15.5. The highest BCUT2D eigenvalue weighted by molar-refractivity contribution is 5.98. The summed E-state index contributed by atoms with van der Waals surface area (Å²) in [6.45, 7) is 0. The molecule has 21 heavy (non-hydrogen) atoms. The maximum absolute atomic E-state index is 13.3. The van der Waals surface area contributed by atoms with Gasteiger partial charge in [-0.05, 0) is 31.0 Å². The predicted molar refractivity (Wildman–Crippen MR) is 71.5 cm³/mol. The molecule has 0 unspecified atom stereocenters. The molecule has 5 heteroatoms. The van der Waals surface area contributed by atoms with E-state index in [1.807, 2.05) is 0 Å². The lowest BCUT2D eigenvalue weighted by Crippen LogP contribution is -2.18. The summed E-state index contributed by atoms with van der Waals surface area (Å²) in [6.07, 6.45) is 1.74. The van der Waals surface area contributed by atoms with Crippen LogP contribution in [0.1, 0.15) is 60.9 Å². The van der Waals surface area contributed by atoms with Crippen molar-refractivity contribution in [3.8, 4) is 0 Å². The fourth-order valence-corrected chi connectivity index (χ4v) is 2.85. The molecule has 1 fully saturated rings. The molecular formula is C16H18F4O. The molecule has 1 aromatic rings. The summed E-state index contributed by atoms with van der Waals surface area (Å²) in [5.74, 6) is -1.86. The van der Waals surface area contributed by atoms with E-state index in [-0.39, 0.29) is 17.3 Å². The fraction of sp³-hybridized carbons (Fsp3) is 0.562. The molecule has 0 saturated heterocycles. The van der Waals surface area contributed by atoms with Crippen LogP contribution >= 0.6 is 0 Å². The van der Waals surface area contributed by atoms with Crippen molar-refractivity contribution in [3.63, 3.8) is 0 Å². The topological polar surface area (TPSA) is 17.1 Å². The molecule has 2 rings (SSSR count). The van der Waals surface area contributed by atoms with Gasteiger partial charge in [0, 0.05) is 11.5 Å². The van der Waals surface area contributed by atoms with Crippen LogP contribution in [-0.4, -0.2) is 5.78 Å². The van der Waals surface area contributed by atoms with Gasteiger partial charge < -0.3 is 0 Å². The van der Waals surface area contributed by atoms with Crippen molar-refractivity contribution in [2.24, 2.45) is 5.92 Å². The highest BCUT2D eigenvalue weighted by atomic mass is 19.4. The van der Waals surface area contributed by atoms with Crippen LogP contribution in [0.15, 0.2) is 18.2 Å². The van der Waals surface area contributed by atoms with Crippen LogP contribution in [0.5, 0.6) is 0 Å². The molecule has 0 aliphatic heterocycles. The molecule has 1 aromatic carbocycles. The Morgan fingerprint density at radius 3 is 2.14 bits per heavy atom. The molecule has 0 aromatic heterocycles. The second-order valence-electron chi connectivity index (χ2n) is 5.60. The van der Waals surface area contributed by atoms with E-state index in [1.165, 1.54) is 0 Å². The van der Waals surface area contributed by atoms with Crippen molar-refractivity contribution in [2.75, 3.05) is 0 Å². The Kier molecular flexibility index (Phi) is 5.01. The lowest BCUT2D eigenvalue weighted by atomic mass is 9.85. The monoisotopic (exact) mass is 302 g/mol. The molecule has 0 amide bonds. The Morgan fingerprint density at radius 1 is 1.00 bits per heavy atom. The van der Waals surface area contributed by atoms with E-state index in [4.69, 9.17) is 0 Å². The molecule has 1 aliphatic rings. The summed E-state index contributed by atoms with van der Waals surface area (Å²) in [5, 5.41) is 0. The quantitative estimate of drug-likeness (QED) is 0.529. The summed E-state index contributed by atoms with van der Waals surface area (Å²) in [7, 11) is 0. The van der Waals surface area contributed by atoms with Crippen molar-refractivity contribution in [1.29, 1.82) is 0 Å². The Morgan fingerprint density at radius 2 is 1.57 bits per heavy atom. The van der Waals surface area contributed by atoms with Gasteiger partial charge in [0.05, 0.1) is 5.56 Å². The Labute approximate surface area is 121 Å². The normalized spacial score (nSPS) is 18.1. The van der Waals surface area contributed by atoms with E-state index in [0.717, 1.165) is 44.2 Å². The lowest BCUT2D eigenvalue weighted by Gasteiger charge is -2.19. The van der Waals surface area contributed by atoms with Gasteiger partial charge in [-0.15, -0.1) is 0 Å². The van der Waals surface area contributed by atoms with E-state index in [1.54, 1.807) is 0 Å². The number of carbonyl (C=O) groups is 1. The molecule has 0 radical (unpaired) electrons. The molecule has 0 bridgehead atoms. The molecule has 116 valence electrons. The molecule has 1 nitrogen and oxygen atoms in total. The van der Waals surface area contributed by atoms with Gasteiger partial charge in [0.25, 0.3) is 0 Å². The van der Waals surface area contributed by atoms with Crippen LogP contribution in [-0.2, 0) is 6.18 Å². The third-order valence-corrected chi connectivity index (χ3v) is 4.03. The largest absolute Gasteiger partial charge is 0.419 e. The number of carbonyl (C=O) groups excluding carboxylic acids is 1. The van der Waals surface area contributed by atoms with Gasteiger partial charge in [-0.2, -0.15) is 13.2 Å². The van der Waals surface area contributed by atoms with Gasteiger partial charge in [-0.1, -0.05) is 32.1 Å². The summed E-state index contributed by atoms with van der Waals surface area (Å²) < 4.78 is 51.4. The van der Waals surface area contributed by atoms with Gasteiger partial charge in [-0.25, -0.2) is 4.39 Å². The van der Waals surface area contributed by atoms with Crippen LogP contribution in [0.4, 0.5) is 17.6 Å². The minimum Gasteiger partial charge on any atom is -0.294 e. The summed E-state index contributed by atoms with van der Waals surface area (Å²) in [5.41, 5.74) is -1.39. The van der Waals surface area contributed by atoms with Crippen LogP contribution < -0.4 is 0 Å². The lowest BCUT2D eigenvalue weighted by molar-refractivity contribution is -0.140. The van der Waals surface area contributed by atoms with E-state index in [0.29, 0.717) is 18.9 Å². The predicted octanol–water partition coefficient (Wildman–Crippen LogP) is 5.39. The Balaban J connectivity index is 2.22. The zero-order valence-corrected chi connectivity index (χ0v) is 11.7. The number of Topliss-reactive ketones (excluding diaryl/α,β-unsaturated/α-hetero) is 1. The Hall–Kier alpha value is -1.39. The van der Waals surface area contributed by atoms with Crippen LogP contribution in [0.25, 0.3) is 0 Å². The van der Waals surface area contributed by atoms with Crippen molar-refractivity contribution in [1.82, 2.24) is 0 Å². The first kappa shape index (κ1) is 16.0. The summed E-state index contributed by atoms with van der Waals surface area (Å²) in [4.78, 5) is 12.4. The van der Waals surface area contributed by atoms with Crippen molar-refractivity contribution in [3.05, 3.63) is 35.1 Å². The van der Waals surface area contributed by atoms with E-state index in [9.17, 15) is 22.4 Å². The number of rotatable bonds is 2. The second kappa shape index (κ2) is 6.58. The number of ketones is 1. The smallest absolute Gasteiger partial charge is 0.294 e. The average Bonchev–Trinajstić information content (AvgIpc) is 2.36. The van der Waals surface area contributed by atoms with Crippen molar-refractivity contribution >= 4 is 5.78 Å². The van der Waals surface area contributed by atoms with Gasteiger partial charge in [-0.3, -0.25) is 4.79 Å². The fourth-order valence-electron chi connectivity index (χ4n) is 2.85. The van der Waals surface area contributed by atoms with Gasteiger partial charge in [0.1, 0.15) is 5.82 Å². The van der Waals surface area contributed by atoms with E-state index in [2.05, 4.69) is 0 Å². The third-order valence-electron chi connectivity index (χ3n) is 4.03. The van der Waals surface area contributed by atoms with E-state index >= 15 is 0 Å². The number of benzene rings is 1. The number of halogens is 4. The van der Waals surface area contributed by atoms with Gasteiger partial charge in [0.15, 0.2) is 5.78 Å². The molecule has 0 atom stereocenters. The van der Waals surface area contributed by atoms with Gasteiger partial charge >= 0.3 is 6.18 Å². The number of alkyl halides is 3. The molecule has 0 N–H and O–H groups in total. The van der Waals surface area contributed by atoms with Crippen LogP contribution in [0.3, 0.4) is 0 Å². The highest BCUT2D eigenvalue weighted by Gasteiger charge is 2.35. The first-order valence-corrected chi connectivity index (χ1v) is 7.30. The Bertz CT molecular complexity index is 499. The average molecular weight is 302 g/mol. The summed E-state index contributed by atoms with van der Waals surface area (Å²) in [6, 6.07) is 2.54. The standard InChI is InChI=1S/C16H18F4O/c17-14-9-8-12(10-13(14)16(18,19)20)15(21)11-6-4-2-1-3-5-7-11/h8-11H,1-7H2. The minimum atomic E-state index is -4.78. The first-order valence-electron chi connectivity index (χ1n) is 7.30. The molecule has 0 spiro atoms. The summed E-state index contributed by atoms with van der Waals surface area (Å²) >= 11 is 0. The van der Waals surface area contributed by atoms with Crippen molar-refractivity contribution < 1.29 is 22.4 Å². The van der Waals surface area contributed by atoms with Crippen molar-refractivity contribution in [2.45, 2.75) is 51.1 Å².